The Bertz CT molecular complexity index is 881. The van der Waals surface area contributed by atoms with Gasteiger partial charge in [-0.2, -0.15) is 10.2 Å². The lowest BCUT2D eigenvalue weighted by Gasteiger charge is -2.05. The van der Waals surface area contributed by atoms with Crippen LogP contribution in [-0.2, 0) is 4.79 Å². The van der Waals surface area contributed by atoms with Crippen LogP contribution >= 0.6 is 23.4 Å². The number of nitrogens with one attached hydrogen (secondary N) is 1. The fourth-order valence-corrected chi connectivity index (χ4v) is 2.92. The molecule has 0 aromatic heterocycles. The van der Waals surface area contributed by atoms with E-state index in [-0.39, 0.29) is 5.91 Å². The molecule has 0 saturated carbocycles. The molecule has 0 heterocycles. The summed E-state index contributed by atoms with van der Waals surface area (Å²) >= 11 is 7.31. The van der Waals surface area contributed by atoms with Crippen LogP contribution in [0.2, 0.25) is 5.02 Å². The monoisotopic (exact) mass is 381 g/mol. The van der Waals surface area contributed by atoms with Crippen molar-refractivity contribution >= 4 is 46.3 Å². The second kappa shape index (κ2) is 9.17. The van der Waals surface area contributed by atoms with E-state index in [1.807, 2.05) is 78.9 Å². The molecule has 0 bridgehead atoms. The lowest BCUT2D eigenvalue weighted by atomic mass is 10.3. The highest BCUT2D eigenvalue weighted by atomic mass is 35.5. The fraction of sp³-hybridized carbons (Fsp3) is 0.0500. The molecule has 4 nitrogen and oxygen atoms in total. The summed E-state index contributed by atoms with van der Waals surface area (Å²) in [6, 6.07) is 24.2. The molecule has 3 rings (SSSR count). The number of thioether (sulfide) groups is 1. The lowest BCUT2D eigenvalue weighted by molar-refractivity contribution is -0.113. The maximum Gasteiger partial charge on any atom is 0.234 e. The van der Waals surface area contributed by atoms with Gasteiger partial charge in [0.25, 0.3) is 0 Å². The molecule has 0 aliphatic carbocycles. The van der Waals surface area contributed by atoms with Crippen molar-refractivity contribution < 1.29 is 4.79 Å². The first-order chi connectivity index (χ1) is 12.7. The standard InChI is InChI=1S/C20H16ClN3OS/c21-15-6-12-19(13-7-15)26-14-20(25)22-16-8-10-18(11-9-16)24-23-17-4-2-1-3-5-17/h1-13H,14H2,(H,22,25). The van der Waals surface area contributed by atoms with Crippen LogP contribution in [0.4, 0.5) is 17.1 Å². The van der Waals surface area contributed by atoms with Crippen LogP contribution in [0.15, 0.2) is 94.0 Å². The molecule has 0 radical (unpaired) electrons. The summed E-state index contributed by atoms with van der Waals surface area (Å²) in [7, 11) is 0. The predicted molar refractivity (Wildman–Crippen MR) is 108 cm³/mol. The van der Waals surface area contributed by atoms with Gasteiger partial charge in [0.05, 0.1) is 17.1 Å². The first kappa shape index (κ1) is 18.2. The predicted octanol–water partition coefficient (Wildman–Crippen LogP) is 6.49. The van der Waals surface area contributed by atoms with Gasteiger partial charge in [0.15, 0.2) is 0 Å². The zero-order valence-electron chi connectivity index (χ0n) is 13.8. The van der Waals surface area contributed by atoms with Crippen molar-refractivity contribution in [1.82, 2.24) is 0 Å². The quantitative estimate of drug-likeness (QED) is 0.392. The highest BCUT2D eigenvalue weighted by Crippen LogP contribution is 2.22. The third kappa shape index (κ3) is 5.72. The third-order valence-corrected chi connectivity index (χ3v) is 4.64. The Morgan fingerprint density at radius 2 is 1.46 bits per heavy atom. The molecule has 3 aromatic rings. The van der Waals surface area contributed by atoms with Crippen LogP contribution in [0.1, 0.15) is 0 Å². The van der Waals surface area contributed by atoms with Gasteiger partial charge in [0.1, 0.15) is 0 Å². The normalized spacial score (nSPS) is 10.8. The van der Waals surface area contributed by atoms with Gasteiger partial charge in [-0.15, -0.1) is 11.8 Å². The van der Waals surface area contributed by atoms with E-state index in [0.717, 1.165) is 22.0 Å². The van der Waals surface area contributed by atoms with Gasteiger partial charge in [-0.05, 0) is 60.7 Å². The van der Waals surface area contributed by atoms with Crippen molar-refractivity contribution in [2.75, 3.05) is 11.1 Å². The minimum atomic E-state index is -0.0661. The largest absolute Gasteiger partial charge is 0.325 e. The zero-order valence-corrected chi connectivity index (χ0v) is 15.4. The second-order valence-corrected chi connectivity index (χ2v) is 6.86. The summed E-state index contributed by atoms with van der Waals surface area (Å²) in [6.45, 7) is 0. The van der Waals surface area contributed by atoms with Gasteiger partial charge in [0, 0.05) is 15.6 Å². The van der Waals surface area contributed by atoms with Gasteiger partial charge in [-0.25, -0.2) is 0 Å². The molecule has 130 valence electrons. The third-order valence-electron chi connectivity index (χ3n) is 3.37. The van der Waals surface area contributed by atoms with Gasteiger partial charge in [0.2, 0.25) is 5.91 Å². The van der Waals surface area contributed by atoms with E-state index in [2.05, 4.69) is 15.5 Å². The SMILES string of the molecule is O=C(CSc1ccc(Cl)cc1)Nc1ccc(N=Nc2ccccc2)cc1. The molecule has 1 N–H and O–H groups in total. The van der Waals surface area contributed by atoms with E-state index >= 15 is 0 Å². The van der Waals surface area contributed by atoms with Crippen LogP contribution in [0.5, 0.6) is 0 Å². The maximum atomic E-state index is 12.0. The molecule has 0 aliphatic heterocycles. The number of azo groups is 1. The van der Waals surface area contributed by atoms with Crippen LogP contribution in [0.25, 0.3) is 0 Å². The highest BCUT2D eigenvalue weighted by molar-refractivity contribution is 8.00. The first-order valence-electron chi connectivity index (χ1n) is 7.94. The Labute approximate surface area is 161 Å². The molecule has 0 aliphatic rings. The summed E-state index contributed by atoms with van der Waals surface area (Å²) in [5.41, 5.74) is 2.25. The Morgan fingerprint density at radius 3 is 2.12 bits per heavy atom. The molecule has 1 amide bonds. The van der Waals surface area contributed by atoms with Crippen molar-refractivity contribution in [2.45, 2.75) is 4.90 Å². The van der Waals surface area contributed by atoms with Crippen LogP contribution in [0.3, 0.4) is 0 Å². The van der Waals surface area contributed by atoms with Crippen molar-refractivity contribution in [3.05, 3.63) is 83.9 Å². The maximum absolute atomic E-state index is 12.0. The average Bonchev–Trinajstić information content (AvgIpc) is 2.68. The summed E-state index contributed by atoms with van der Waals surface area (Å²) in [6.07, 6.45) is 0. The molecule has 0 saturated heterocycles. The van der Waals surface area contributed by atoms with E-state index in [0.29, 0.717) is 10.8 Å². The summed E-state index contributed by atoms with van der Waals surface area (Å²) in [4.78, 5) is 13.0. The molecule has 0 spiro atoms. The van der Waals surface area contributed by atoms with Crippen molar-refractivity contribution in [3.8, 4) is 0 Å². The van der Waals surface area contributed by atoms with E-state index in [9.17, 15) is 4.79 Å². The van der Waals surface area contributed by atoms with E-state index in [1.54, 1.807) is 0 Å². The number of hydrogen-bond acceptors (Lipinski definition) is 4. The molecule has 6 heteroatoms. The average molecular weight is 382 g/mol. The van der Waals surface area contributed by atoms with E-state index in [4.69, 9.17) is 11.6 Å². The van der Waals surface area contributed by atoms with Crippen molar-refractivity contribution in [2.24, 2.45) is 10.2 Å². The van der Waals surface area contributed by atoms with Gasteiger partial charge < -0.3 is 5.32 Å². The molecule has 0 unspecified atom stereocenters. The number of carbonyl (C=O) groups excluding carboxylic acids is 1. The number of rotatable bonds is 6. The lowest BCUT2D eigenvalue weighted by Crippen LogP contribution is -2.13. The molecule has 0 fully saturated rings. The number of nitrogens with zero attached hydrogens (tertiary/aromatic N) is 2. The topological polar surface area (TPSA) is 53.8 Å². The molecule has 3 aromatic carbocycles. The van der Waals surface area contributed by atoms with Gasteiger partial charge in [-0.3, -0.25) is 4.79 Å². The Hall–Kier alpha value is -2.63. The van der Waals surface area contributed by atoms with E-state index < -0.39 is 0 Å². The molecular weight excluding hydrogens is 366 g/mol. The Kier molecular flexibility index (Phi) is 6.41. The fourth-order valence-electron chi connectivity index (χ4n) is 2.10. The van der Waals surface area contributed by atoms with Crippen LogP contribution in [-0.4, -0.2) is 11.7 Å². The highest BCUT2D eigenvalue weighted by Gasteiger charge is 2.04. The number of anilines is 1. The van der Waals surface area contributed by atoms with Gasteiger partial charge in [-0.1, -0.05) is 29.8 Å². The first-order valence-corrected chi connectivity index (χ1v) is 9.30. The number of hydrogen-bond donors (Lipinski definition) is 1. The minimum Gasteiger partial charge on any atom is -0.325 e. The number of halogens is 1. The molecule has 0 atom stereocenters. The number of amides is 1. The molecule has 26 heavy (non-hydrogen) atoms. The van der Waals surface area contributed by atoms with E-state index in [1.165, 1.54) is 11.8 Å². The minimum absolute atomic E-state index is 0.0661. The summed E-state index contributed by atoms with van der Waals surface area (Å²) in [5.74, 6) is 0.264. The Morgan fingerprint density at radius 1 is 0.846 bits per heavy atom. The second-order valence-electron chi connectivity index (χ2n) is 5.37. The number of carbonyl (C=O) groups is 1. The van der Waals surface area contributed by atoms with Gasteiger partial charge >= 0.3 is 0 Å². The zero-order chi connectivity index (χ0) is 18.2. The van der Waals surface area contributed by atoms with Crippen molar-refractivity contribution in [3.63, 3.8) is 0 Å². The van der Waals surface area contributed by atoms with Crippen molar-refractivity contribution in [1.29, 1.82) is 0 Å². The molecular formula is C20H16ClN3OS. The smallest absolute Gasteiger partial charge is 0.234 e. The van der Waals surface area contributed by atoms with Crippen LogP contribution < -0.4 is 5.32 Å². The number of benzene rings is 3. The van der Waals surface area contributed by atoms with Crippen LogP contribution in [0, 0.1) is 0 Å². The Balaban J connectivity index is 1.51. The summed E-state index contributed by atoms with van der Waals surface area (Å²) < 4.78 is 0. The summed E-state index contributed by atoms with van der Waals surface area (Å²) in [5, 5.41) is 11.9.